The first-order chi connectivity index (χ1) is 16.0. The summed E-state index contributed by atoms with van der Waals surface area (Å²) in [6.45, 7) is 2.04. The highest BCUT2D eigenvalue weighted by molar-refractivity contribution is 6.07. The van der Waals surface area contributed by atoms with E-state index in [1.54, 1.807) is 42.0 Å². The van der Waals surface area contributed by atoms with E-state index in [4.69, 9.17) is 10.5 Å². The number of carbonyl (C=O) groups is 1. The molecule has 0 bridgehead atoms. The van der Waals surface area contributed by atoms with E-state index in [0.29, 0.717) is 28.2 Å². The zero-order valence-corrected chi connectivity index (χ0v) is 18.6. The number of benzene rings is 3. The molecule has 33 heavy (non-hydrogen) atoms. The molecule has 166 valence electrons. The van der Waals surface area contributed by atoms with Crippen LogP contribution in [0.4, 0.5) is 11.5 Å². The van der Waals surface area contributed by atoms with Gasteiger partial charge in [0.1, 0.15) is 11.6 Å². The second kappa shape index (κ2) is 8.13. The Bertz CT molecular complexity index is 1420. The molecule has 1 aliphatic carbocycles. The van der Waals surface area contributed by atoms with Crippen LogP contribution < -0.4 is 21.3 Å². The van der Waals surface area contributed by atoms with Crippen LogP contribution in [0.5, 0.6) is 5.75 Å². The van der Waals surface area contributed by atoms with Crippen LogP contribution in [-0.4, -0.2) is 17.6 Å². The molecule has 4 aromatic rings. The maximum atomic E-state index is 13.4. The molecule has 0 unspecified atom stereocenters. The Hall–Kier alpha value is -4.06. The number of rotatable bonds is 5. The number of hydrogen-bond acceptors (Lipinski definition) is 4. The molecule has 1 heterocycles. The van der Waals surface area contributed by atoms with Crippen LogP contribution in [0.2, 0.25) is 0 Å². The van der Waals surface area contributed by atoms with Crippen molar-refractivity contribution in [2.45, 2.75) is 25.8 Å². The molecule has 0 atom stereocenters. The fourth-order valence-corrected chi connectivity index (χ4v) is 4.18. The number of amides is 1. The Morgan fingerprint density at radius 2 is 1.70 bits per heavy atom. The van der Waals surface area contributed by atoms with E-state index in [9.17, 15) is 9.59 Å². The van der Waals surface area contributed by atoms with Gasteiger partial charge in [0.05, 0.1) is 12.5 Å². The van der Waals surface area contributed by atoms with Crippen molar-refractivity contribution in [3.8, 4) is 16.9 Å². The lowest BCUT2D eigenvalue weighted by Crippen LogP contribution is -2.23. The molecule has 0 spiro atoms. The number of hydrogen-bond donors (Lipinski definition) is 2. The third-order valence-corrected chi connectivity index (χ3v) is 6.12. The van der Waals surface area contributed by atoms with Gasteiger partial charge in [-0.3, -0.25) is 14.2 Å². The number of carbonyl (C=O) groups excluding carboxylic acids is 1. The van der Waals surface area contributed by atoms with Gasteiger partial charge in [0.2, 0.25) is 0 Å². The largest absolute Gasteiger partial charge is 0.497 e. The number of fused-ring (bicyclic) bond motifs is 1. The second-order valence-electron chi connectivity index (χ2n) is 8.48. The number of methoxy groups -OCH3 is 1. The topological polar surface area (TPSA) is 86.3 Å². The van der Waals surface area contributed by atoms with Gasteiger partial charge in [0.15, 0.2) is 0 Å². The average Bonchev–Trinajstić information content (AvgIpc) is 3.66. The van der Waals surface area contributed by atoms with Crippen molar-refractivity contribution in [2.75, 3.05) is 18.2 Å². The van der Waals surface area contributed by atoms with Crippen molar-refractivity contribution in [3.05, 3.63) is 88.2 Å². The van der Waals surface area contributed by atoms with E-state index in [0.717, 1.165) is 34.9 Å². The molecule has 1 amide bonds. The summed E-state index contributed by atoms with van der Waals surface area (Å²) in [6.07, 6.45) is 1.88. The lowest BCUT2D eigenvalue weighted by Gasteiger charge is -2.17. The predicted octanol–water partition coefficient (Wildman–Crippen LogP) is 5.15. The number of nitrogen functional groups attached to an aromatic ring is 1. The standard InChI is InChI=1S/C27H25N3O3/c1-16-3-5-17(6-4-16)24-22-14-9-19(29-26(31)18-7-12-21(33-2)13-8-18)15-23(22)27(32)30(25(24)28)20-10-11-20/h3-9,12-15,20H,10-11,28H2,1-2H3,(H,29,31). The van der Waals surface area contributed by atoms with Crippen molar-refractivity contribution in [1.29, 1.82) is 0 Å². The summed E-state index contributed by atoms with van der Waals surface area (Å²) >= 11 is 0. The fourth-order valence-electron chi connectivity index (χ4n) is 4.18. The molecular formula is C27H25N3O3. The Balaban J connectivity index is 1.60. The average molecular weight is 440 g/mol. The minimum Gasteiger partial charge on any atom is -0.497 e. The summed E-state index contributed by atoms with van der Waals surface area (Å²) in [4.78, 5) is 26.1. The molecule has 1 aromatic heterocycles. The van der Waals surface area contributed by atoms with E-state index in [1.165, 1.54) is 0 Å². The van der Waals surface area contributed by atoms with Gasteiger partial charge in [0, 0.05) is 22.9 Å². The normalized spacial score (nSPS) is 13.2. The van der Waals surface area contributed by atoms with Crippen LogP contribution in [0.25, 0.3) is 21.9 Å². The highest BCUT2D eigenvalue weighted by Crippen LogP contribution is 2.41. The first-order valence-electron chi connectivity index (χ1n) is 11.0. The lowest BCUT2D eigenvalue weighted by atomic mass is 9.98. The summed E-state index contributed by atoms with van der Waals surface area (Å²) in [5, 5.41) is 4.22. The second-order valence-corrected chi connectivity index (χ2v) is 8.48. The van der Waals surface area contributed by atoms with Crippen LogP contribution >= 0.6 is 0 Å². The van der Waals surface area contributed by atoms with Gasteiger partial charge < -0.3 is 15.8 Å². The molecule has 3 aromatic carbocycles. The SMILES string of the molecule is COc1ccc(C(=O)Nc2ccc3c(-c4ccc(C)cc4)c(N)n(C4CC4)c(=O)c3c2)cc1. The third-order valence-electron chi connectivity index (χ3n) is 6.12. The van der Waals surface area contributed by atoms with Crippen LogP contribution in [0, 0.1) is 6.92 Å². The number of anilines is 2. The zero-order chi connectivity index (χ0) is 23.1. The number of nitrogens with one attached hydrogen (secondary N) is 1. The first-order valence-corrected chi connectivity index (χ1v) is 11.0. The molecule has 6 heteroatoms. The summed E-state index contributed by atoms with van der Waals surface area (Å²) in [5.41, 5.74) is 10.5. The smallest absolute Gasteiger partial charge is 0.260 e. The van der Waals surface area contributed by atoms with Crippen LogP contribution in [0.3, 0.4) is 0 Å². The number of pyridine rings is 1. The molecule has 5 rings (SSSR count). The lowest BCUT2D eigenvalue weighted by molar-refractivity contribution is 0.102. The van der Waals surface area contributed by atoms with Gasteiger partial charge in [-0.25, -0.2) is 0 Å². The predicted molar refractivity (Wildman–Crippen MR) is 132 cm³/mol. The number of aromatic nitrogens is 1. The number of aryl methyl sites for hydroxylation is 1. The summed E-state index contributed by atoms with van der Waals surface area (Å²) in [5.74, 6) is 0.918. The highest BCUT2D eigenvalue weighted by atomic mass is 16.5. The molecule has 0 aliphatic heterocycles. The van der Waals surface area contributed by atoms with E-state index < -0.39 is 0 Å². The fraction of sp³-hybridized carbons (Fsp3) is 0.185. The van der Waals surface area contributed by atoms with Crippen molar-refractivity contribution in [2.24, 2.45) is 0 Å². The van der Waals surface area contributed by atoms with Gasteiger partial charge >= 0.3 is 0 Å². The van der Waals surface area contributed by atoms with Gasteiger partial charge in [-0.2, -0.15) is 0 Å². The van der Waals surface area contributed by atoms with Crippen molar-refractivity contribution in [3.63, 3.8) is 0 Å². The molecule has 1 saturated carbocycles. The van der Waals surface area contributed by atoms with E-state index >= 15 is 0 Å². The minimum atomic E-state index is -0.256. The molecular weight excluding hydrogens is 414 g/mol. The van der Waals surface area contributed by atoms with Crippen molar-refractivity contribution < 1.29 is 9.53 Å². The molecule has 1 fully saturated rings. The van der Waals surface area contributed by atoms with Gasteiger partial charge in [-0.15, -0.1) is 0 Å². The molecule has 3 N–H and O–H groups in total. The van der Waals surface area contributed by atoms with Crippen LogP contribution in [-0.2, 0) is 0 Å². The summed E-state index contributed by atoms with van der Waals surface area (Å²) < 4.78 is 6.86. The van der Waals surface area contributed by atoms with Crippen LogP contribution in [0.15, 0.2) is 71.5 Å². The molecule has 0 saturated heterocycles. The van der Waals surface area contributed by atoms with Crippen molar-refractivity contribution >= 4 is 28.2 Å². The first kappa shape index (κ1) is 20.8. The van der Waals surface area contributed by atoms with Gasteiger partial charge in [0.25, 0.3) is 11.5 Å². The maximum absolute atomic E-state index is 13.4. The summed E-state index contributed by atoms with van der Waals surface area (Å²) in [7, 11) is 1.58. The number of nitrogens with two attached hydrogens (primary N) is 1. The van der Waals surface area contributed by atoms with E-state index in [1.807, 2.05) is 43.3 Å². The molecule has 1 aliphatic rings. The highest BCUT2D eigenvalue weighted by Gasteiger charge is 2.29. The quantitative estimate of drug-likeness (QED) is 0.450. The third kappa shape index (κ3) is 3.84. The number of nitrogens with zero attached hydrogens (tertiary/aromatic N) is 1. The van der Waals surface area contributed by atoms with E-state index in [-0.39, 0.29) is 17.5 Å². The summed E-state index contributed by atoms with van der Waals surface area (Å²) in [6, 6.07) is 20.6. The Morgan fingerprint density at radius 3 is 2.33 bits per heavy atom. The molecule has 0 radical (unpaired) electrons. The monoisotopic (exact) mass is 439 g/mol. The van der Waals surface area contributed by atoms with Gasteiger partial charge in [-0.05, 0) is 67.1 Å². The minimum absolute atomic E-state index is 0.124. The Morgan fingerprint density at radius 1 is 1.00 bits per heavy atom. The maximum Gasteiger partial charge on any atom is 0.260 e. The van der Waals surface area contributed by atoms with Gasteiger partial charge in [-0.1, -0.05) is 35.9 Å². The van der Waals surface area contributed by atoms with E-state index in [2.05, 4.69) is 5.32 Å². The Labute approximate surface area is 191 Å². The Kier molecular flexibility index (Phi) is 5.13. The zero-order valence-electron chi connectivity index (χ0n) is 18.6. The van der Waals surface area contributed by atoms with Crippen LogP contribution in [0.1, 0.15) is 34.8 Å². The number of ether oxygens (including phenoxy) is 1. The molecule has 6 nitrogen and oxygen atoms in total. The van der Waals surface area contributed by atoms with Crippen molar-refractivity contribution in [1.82, 2.24) is 4.57 Å².